The maximum absolute atomic E-state index is 12.2. The average molecular weight is 291 g/mol. The highest BCUT2D eigenvalue weighted by Gasteiger charge is 2.23. The summed E-state index contributed by atoms with van der Waals surface area (Å²) in [6.45, 7) is 1.72. The Kier molecular flexibility index (Phi) is 5.59. The first-order chi connectivity index (χ1) is 10.1. The number of carbonyl (C=O) groups excluding carboxylic acids is 1. The first-order valence-corrected chi connectivity index (χ1v) is 7.50. The Morgan fingerprint density at radius 1 is 1.43 bits per heavy atom. The quantitative estimate of drug-likeness (QED) is 0.883. The monoisotopic (exact) mass is 291 g/mol. The molecule has 2 amide bonds. The number of piperidine rings is 1. The maximum atomic E-state index is 12.2. The Morgan fingerprint density at radius 3 is 2.76 bits per heavy atom. The van der Waals surface area contributed by atoms with Crippen LogP contribution in [0.5, 0.6) is 0 Å². The van der Waals surface area contributed by atoms with Crippen molar-refractivity contribution in [2.24, 2.45) is 0 Å². The van der Waals surface area contributed by atoms with E-state index in [0.29, 0.717) is 13.1 Å². The third kappa shape index (κ3) is 4.44. The number of likely N-dealkylation sites (tertiary alicyclic amines) is 1. The number of rotatable bonds is 4. The van der Waals surface area contributed by atoms with Crippen molar-refractivity contribution in [3.05, 3.63) is 35.9 Å². The third-order valence-electron chi connectivity index (χ3n) is 3.94. The van der Waals surface area contributed by atoms with Gasteiger partial charge >= 0.3 is 6.03 Å². The van der Waals surface area contributed by atoms with Crippen LogP contribution in [0.25, 0.3) is 0 Å². The van der Waals surface area contributed by atoms with Gasteiger partial charge in [-0.05, 0) is 32.5 Å². The summed E-state index contributed by atoms with van der Waals surface area (Å²) in [5.41, 5.74) is 1.18. The third-order valence-corrected chi connectivity index (χ3v) is 3.94. The van der Waals surface area contributed by atoms with Gasteiger partial charge in [0, 0.05) is 19.6 Å². The molecule has 0 radical (unpaired) electrons. The van der Waals surface area contributed by atoms with Gasteiger partial charge in [0.1, 0.15) is 0 Å². The lowest BCUT2D eigenvalue weighted by Crippen LogP contribution is -2.48. The topological polar surface area (TPSA) is 55.8 Å². The van der Waals surface area contributed by atoms with Gasteiger partial charge in [0.25, 0.3) is 0 Å². The van der Waals surface area contributed by atoms with Crippen molar-refractivity contribution in [2.75, 3.05) is 33.7 Å². The van der Waals surface area contributed by atoms with Gasteiger partial charge in [-0.15, -0.1) is 0 Å². The number of amides is 2. The SMILES string of the molecule is CN(C)C(CNC(=O)N1CCCC(O)C1)c1ccccc1. The first kappa shape index (κ1) is 15.8. The molecule has 1 aliphatic rings. The minimum atomic E-state index is -0.386. The van der Waals surface area contributed by atoms with Crippen LogP contribution in [-0.4, -0.2) is 60.8 Å². The number of β-amino-alcohol motifs (C(OH)–C–C–N with tert-alkyl or cyclic N) is 1. The molecule has 2 unspecified atom stereocenters. The molecule has 0 aliphatic carbocycles. The molecule has 0 bridgehead atoms. The average Bonchev–Trinajstić information content (AvgIpc) is 2.48. The highest BCUT2D eigenvalue weighted by molar-refractivity contribution is 5.74. The lowest BCUT2D eigenvalue weighted by molar-refractivity contribution is 0.0836. The normalized spacial score (nSPS) is 20.4. The number of aliphatic hydroxyl groups is 1. The predicted molar refractivity (Wildman–Crippen MR) is 83.1 cm³/mol. The molecule has 5 heteroatoms. The fraction of sp³-hybridized carbons (Fsp3) is 0.562. The second-order valence-corrected chi connectivity index (χ2v) is 5.82. The number of carbonyl (C=O) groups is 1. The van der Waals surface area contributed by atoms with Gasteiger partial charge in [0.15, 0.2) is 0 Å². The van der Waals surface area contributed by atoms with E-state index in [1.54, 1.807) is 4.90 Å². The van der Waals surface area contributed by atoms with E-state index in [-0.39, 0.29) is 18.2 Å². The first-order valence-electron chi connectivity index (χ1n) is 7.50. The lowest BCUT2D eigenvalue weighted by atomic mass is 10.1. The van der Waals surface area contributed by atoms with Crippen LogP contribution in [0.3, 0.4) is 0 Å². The molecule has 5 nitrogen and oxygen atoms in total. The smallest absolute Gasteiger partial charge is 0.317 e. The van der Waals surface area contributed by atoms with Crippen LogP contribution in [0, 0.1) is 0 Å². The highest BCUT2D eigenvalue weighted by Crippen LogP contribution is 2.17. The molecule has 1 saturated heterocycles. The number of nitrogens with one attached hydrogen (secondary N) is 1. The number of likely N-dealkylation sites (N-methyl/N-ethyl adjacent to an activating group) is 1. The Labute approximate surface area is 126 Å². The zero-order chi connectivity index (χ0) is 15.2. The van der Waals surface area contributed by atoms with Gasteiger partial charge in [0.05, 0.1) is 12.1 Å². The number of nitrogens with zero attached hydrogens (tertiary/aromatic N) is 2. The largest absolute Gasteiger partial charge is 0.391 e. The molecule has 1 aromatic rings. The van der Waals surface area contributed by atoms with Crippen molar-refractivity contribution >= 4 is 6.03 Å². The van der Waals surface area contributed by atoms with Crippen molar-refractivity contribution in [3.8, 4) is 0 Å². The standard InChI is InChI=1S/C16H25N3O2/c1-18(2)15(13-7-4-3-5-8-13)11-17-16(21)19-10-6-9-14(20)12-19/h3-5,7-8,14-15,20H,6,9-12H2,1-2H3,(H,17,21). The molecular formula is C16H25N3O2. The summed E-state index contributed by atoms with van der Waals surface area (Å²) in [5.74, 6) is 0. The van der Waals surface area contributed by atoms with E-state index in [9.17, 15) is 9.90 Å². The molecule has 1 aromatic carbocycles. The summed E-state index contributed by atoms with van der Waals surface area (Å²) in [4.78, 5) is 16.0. The second kappa shape index (κ2) is 7.43. The van der Waals surface area contributed by atoms with Crippen molar-refractivity contribution in [1.82, 2.24) is 15.1 Å². The van der Waals surface area contributed by atoms with Gasteiger partial charge < -0.3 is 20.2 Å². The molecule has 21 heavy (non-hydrogen) atoms. The Hall–Kier alpha value is -1.59. The van der Waals surface area contributed by atoms with Crippen LogP contribution in [0.15, 0.2) is 30.3 Å². The molecule has 0 spiro atoms. The summed E-state index contributed by atoms with van der Waals surface area (Å²) in [6, 6.07) is 10.2. The van der Waals surface area contributed by atoms with Crippen molar-refractivity contribution in [2.45, 2.75) is 25.0 Å². The van der Waals surface area contributed by atoms with Crippen LogP contribution in [-0.2, 0) is 0 Å². The Morgan fingerprint density at radius 2 is 2.14 bits per heavy atom. The van der Waals surface area contributed by atoms with E-state index in [4.69, 9.17) is 0 Å². The van der Waals surface area contributed by atoms with Crippen LogP contribution in [0.1, 0.15) is 24.4 Å². The number of aliphatic hydroxyl groups excluding tert-OH is 1. The summed E-state index contributed by atoms with van der Waals surface area (Å²) in [5, 5.41) is 12.6. The van der Waals surface area contributed by atoms with E-state index < -0.39 is 0 Å². The summed E-state index contributed by atoms with van der Waals surface area (Å²) in [7, 11) is 4.02. The van der Waals surface area contributed by atoms with E-state index in [2.05, 4.69) is 22.3 Å². The zero-order valence-electron chi connectivity index (χ0n) is 12.8. The number of benzene rings is 1. The van der Waals surface area contributed by atoms with E-state index in [0.717, 1.165) is 19.4 Å². The van der Waals surface area contributed by atoms with Gasteiger partial charge in [-0.3, -0.25) is 0 Å². The second-order valence-electron chi connectivity index (χ2n) is 5.82. The highest BCUT2D eigenvalue weighted by atomic mass is 16.3. The van der Waals surface area contributed by atoms with Gasteiger partial charge in [-0.1, -0.05) is 30.3 Å². The molecule has 1 aliphatic heterocycles. The molecule has 0 saturated carbocycles. The van der Waals surface area contributed by atoms with Crippen LogP contribution < -0.4 is 5.32 Å². The maximum Gasteiger partial charge on any atom is 0.317 e. The van der Waals surface area contributed by atoms with E-state index in [1.807, 2.05) is 32.3 Å². The fourth-order valence-electron chi connectivity index (χ4n) is 2.71. The molecule has 2 N–H and O–H groups in total. The lowest BCUT2D eigenvalue weighted by Gasteiger charge is -2.31. The fourth-order valence-corrected chi connectivity index (χ4v) is 2.71. The van der Waals surface area contributed by atoms with Crippen molar-refractivity contribution < 1.29 is 9.90 Å². The molecule has 0 aromatic heterocycles. The summed E-state index contributed by atoms with van der Waals surface area (Å²) >= 11 is 0. The Bertz CT molecular complexity index is 450. The van der Waals surface area contributed by atoms with Crippen LogP contribution in [0.4, 0.5) is 4.79 Å². The minimum absolute atomic E-state index is 0.0865. The van der Waals surface area contributed by atoms with Crippen molar-refractivity contribution in [3.63, 3.8) is 0 Å². The molecule has 2 atom stereocenters. The Balaban J connectivity index is 1.91. The van der Waals surface area contributed by atoms with Gasteiger partial charge in [0.2, 0.25) is 0 Å². The van der Waals surface area contributed by atoms with Crippen LogP contribution >= 0.6 is 0 Å². The zero-order valence-corrected chi connectivity index (χ0v) is 12.8. The summed E-state index contributed by atoms with van der Waals surface area (Å²) < 4.78 is 0. The van der Waals surface area contributed by atoms with Crippen molar-refractivity contribution in [1.29, 1.82) is 0 Å². The van der Waals surface area contributed by atoms with Gasteiger partial charge in [-0.2, -0.15) is 0 Å². The number of urea groups is 1. The molecule has 2 rings (SSSR count). The van der Waals surface area contributed by atoms with E-state index in [1.165, 1.54) is 5.56 Å². The van der Waals surface area contributed by atoms with E-state index >= 15 is 0 Å². The summed E-state index contributed by atoms with van der Waals surface area (Å²) in [6.07, 6.45) is 1.27. The minimum Gasteiger partial charge on any atom is -0.391 e. The van der Waals surface area contributed by atoms with Crippen LogP contribution in [0.2, 0.25) is 0 Å². The van der Waals surface area contributed by atoms with Gasteiger partial charge in [-0.25, -0.2) is 4.79 Å². The predicted octanol–water partition coefficient (Wildman–Crippen LogP) is 1.46. The number of hydrogen-bond donors (Lipinski definition) is 2. The number of hydrogen-bond acceptors (Lipinski definition) is 3. The molecular weight excluding hydrogens is 266 g/mol. The molecule has 116 valence electrons. The molecule has 1 heterocycles. The molecule has 1 fully saturated rings.